The van der Waals surface area contributed by atoms with Crippen LogP contribution in [0.25, 0.3) is 0 Å². The highest BCUT2D eigenvalue weighted by atomic mass is 19.1. The van der Waals surface area contributed by atoms with Gasteiger partial charge in [0.1, 0.15) is 5.82 Å². The van der Waals surface area contributed by atoms with Crippen molar-refractivity contribution in [2.24, 2.45) is 0 Å². The summed E-state index contributed by atoms with van der Waals surface area (Å²) in [5.41, 5.74) is 0.628. The van der Waals surface area contributed by atoms with Gasteiger partial charge in [0.05, 0.1) is 6.61 Å². The Morgan fingerprint density at radius 1 is 1.13 bits per heavy atom. The normalized spacial score (nSPS) is 17.9. The molecule has 0 bridgehead atoms. The second-order valence-electron chi connectivity index (χ2n) is 3.85. The van der Waals surface area contributed by atoms with E-state index in [0.29, 0.717) is 12.2 Å². The third kappa shape index (κ3) is 3.01. The first-order valence-electron chi connectivity index (χ1n) is 5.47. The zero-order valence-corrected chi connectivity index (χ0v) is 8.79. The summed E-state index contributed by atoms with van der Waals surface area (Å²) in [7, 11) is 0. The van der Waals surface area contributed by atoms with Crippen molar-refractivity contribution in [2.45, 2.75) is 25.9 Å². The number of nitrogens with zero attached hydrogens (tertiary/aromatic N) is 1. The fourth-order valence-corrected chi connectivity index (χ4v) is 1.77. The molecule has 0 amide bonds. The van der Waals surface area contributed by atoms with Crippen molar-refractivity contribution in [3.05, 3.63) is 35.6 Å². The van der Waals surface area contributed by atoms with Gasteiger partial charge in [0.2, 0.25) is 0 Å². The molecule has 2 rings (SSSR count). The highest BCUT2D eigenvalue weighted by molar-refractivity contribution is 5.16. The zero-order valence-electron chi connectivity index (χ0n) is 8.79. The minimum Gasteiger partial charge on any atom is -0.294 e. The third-order valence-corrected chi connectivity index (χ3v) is 2.68. The summed E-state index contributed by atoms with van der Waals surface area (Å²) in [6.45, 7) is 2.27. The molecular formula is C12H16FNO. The van der Waals surface area contributed by atoms with E-state index in [1.165, 1.54) is 25.3 Å². The van der Waals surface area contributed by atoms with Gasteiger partial charge in [-0.2, -0.15) is 5.06 Å². The molecule has 0 unspecified atom stereocenters. The van der Waals surface area contributed by atoms with E-state index >= 15 is 0 Å². The Kier molecular flexibility index (Phi) is 3.69. The van der Waals surface area contributed by atoms with Gasteiger partial charge < -0.3 is 0 Å². The van der Waals surface area contributed by atoms with E-state index in [0.717, 1.165) is 13.1 Å². The summed E-state index contributed by atoms with van der Waals surface area (Å²) in [5, 5.41) is 1.94. The van der Waals surface area contributed by atoms with Crippen LogP contribution >= 0.6 is 0 Å². The SMILES string of the molecule is Fc1ccccc1CON1CCCCC1. The van der Waals surface area contributed by atoms with Gasteiger partial charge in [-0.1, -0.05) is 24.6 Å². The highest BCUT2D eigenvalue weighted by Crippen LogP contribution is 2.12. The molecule has 0 aliphatic carbocycles. The maximum Gasteiger partial charge on any atom is 0.128 e. The van der Waals surface area contributed by atoms with Crippen LogP contribution in [0, 0.1) is 5.82 Å². The van der Waals surface area contributed by atoms with E-state index in [2.05, 4.69) is 0 Å². The third-order valence-electron chi connectivity index (χ3n) is 2.68. The van der Waals surface area contributed by atoms with Crippen LogP contribution in [0.4, 0.5) is 4.39 Å². The van der Waals surface area contributed by atoms with Crippen LogP contribution in [0.1, 0.15) is 24.8 Å². The molecule has 0 aromatic heterocycles. The molecule has 0 saturated carbocycles. The molecule has 0 radical (unpaired) electrons. The molecule has 82 valence electrons. The summed E-state index contributed by atoms with van der Waals surface area (Å²) < 4.78 is 13.2. The van der Waals surface area contributed by atoms with Crippen molar-refractivity contribution in [3.63, 3.8) is 0 Å². The minimum atomic E-state index is -0.186. The standard InChI is InChI=1S/C12H16FNO/c13-12-7-3-2-6-11(12)10-15-14-8-4-1-5-9-14/h2-3,6-7H,1,4-5,8-10H2. The van der Waals surface area contributed by atoms with Crippen molar-refractivity contribution in [3.8, 4) is 0 Å². The summed E-state index contributed by atoms with van der Waals surface area (Å²) in [5.74, 6) is -0.186. The maximum absolute atomic E-state index is 13.2. The smallest absolute Gasteiger partial charge is 0.128 e. The zero-order chi connectivity index (χ0) is 10.5. The van der Waals surface area contributed by atoms with Crippen LogP contribution in [0.15, 0.2) is 24.3 Å². The minimum absolute atomic E-state index is 0.186. The topological polar surface area (TPSA) is 12.5 Å². The van der Waals surface area contributed by atoms with E-state index < -0.39 is 0 Å². The van der Waals surface area contributed by atoms with Crippen LogP contribution < -0.4 is 0 Å². The number of hydrogen-bond donors (Lipinski definition) is 0. The van der Waals surface area contributed by atoms with Crippen LogP contribution in [0.2, 0.25) is 0 Å². The molecule has 0 N–H and O–H groups in total. The lowest BCUT2D eigenvalue weighted by Gasteiger charge is -2.25. The first-order valence-corrected chi connectivity index (χ1v) is 5.47. The van der Waals surface area contributed by atoms with Crippen molar-refractivity contribution >= 4 is 0 Å². The van der Waals surface area contributed by atoms with Crippen molar-refractivity contribution < 1.29 is 9.23 Å². The fraction of sp³-hybridized carbons (Fsp3) is 0.500. The second kappa shape index (κ2) is 5.24. The average Bonchev–Trinajstić information content (AvgIpc) is 2.29. The fourth-order valence-electron chi connectivity index (χ4n) is 1.77. The van der Waals surface area contributed by atoms with E-state index in [4.69, 9.17) is 4.84 Å². The average molecular weight is 209 g/mol. The van der Waals surface area contributed by atoms with Crippen molar-refractivity contribution in [1.82, 2.24) is 5.06 Å². The first-order chi connectivity index (χ1) is 7.36. The van der Waals surface area contributed by atoms with Gasteiger partial charge in [0.15, 0.2) is 0 Å². The number of halogens is 1. The molecule has 1 aromatic carbocycles. The molecule has 0 atom stereocenters. The Labute approximate surface area is 89.6 Å². The van der Waals surface area contributed by atoms with E-state index in [1.54, 1.807) is 12.1 Å². The maximum atomic E-state index is 13.2. The van der Waals surface area contributed by atoms with E-state index in [9.17, 15) is 4.39 Å². The molecular weight excluding hydrogens is 193 g/mol. The van der Waals surface area contributed by atoms with Crippen LogP contribution in [0.5, 0.6) is 0 Å². The molecule has 1 heterocycles. The van der Waals surface area contributed by atoms with Crippen LogP contribution in [0.3, 0.4) is 0 Å². The number of piperidine rings is 1. The van der Waals surface area contributed by atoms with Gasteiger partial charge in [-0.05, 0) is 18.9 Å². The highest BCUT2D eigenvalue weighted by Gasteiger charge is 2.11. The molecule has 1 aliphatic rings. The Bertz CT molecular complexity index is 310. The largest absolute Gasteiger partial charge is 0.294 e. The molecule has 0 spiro atoms. The van der Waals surface area contributed by atoms with Gasteiger partial charge in [-0.3, -0.25) is 4.84 Å². The van der Waals surface area contributed by atoms with E-state index in [1.807, 2.05) is 11.1 Å². The quantitative estimate of drug-likeness (QED) is 0.759. The first kappa shape index (κ1) is 10.6. The lowest BCUT2D eigenvalue weighted by Crippen LogP contribution is -2.29. The summed E-state index contributed by atoms with van der Waals surface area (Å²) in [6, 6.07) is 6.76. The van der Waals surface area contributed by atoms with E-state index in [-0.39, 0.29) is 5.82 Å². The Hall–Kier alpha value is -0.930. The Morgan fingerprint density at radius 3 is 2.60 bits per heavy atom. The molecule has 1 aliphatic heterocycles. The number of hydrogen-bond acceptors (Lipinski definition) is 2. The van der Waals surface area contributed by atoms with Crippen molar-refractivity contribution in [1.29, 1.82) is 0 Å². The van der Waals surface area contributed by atoms with Gasteiger partial charge in [0.25, 0.3) is 0 Å². The molecule has 1 aromatic rings. The van der Waals surface area contributed by atoms with Crippen LogP contribution in [-0.4, -0.2) is 18.2 Å². The van der Waals surface area contributed by atoms with Gasteiger partial charge >= 0.3 is 0 Å². The number of hydroxylamine groups is 2. The monoisotopic (exact) mass is 209 g/mol. The Balaban J connectivity index is 1.84. The number of rotatable bonds is 3. The predicted molar refractivity (Wildman–Crippen MR) is 56.6 cm³/mol. The molecule has 3 heteroatoms. The lowest BCUT2D eigenvalue weighted by molar-refractivity contribution is -0.178. The molecule has 1 saturated heterocycles. The lowest BCUT2D eigenvalue weighted by atomic mass is 10.2. The van der Waals surface area contributed by atoms with Crippen molar-refractivity contribution in [2.75, 3.05) is 13.1 Å². The van der Waals surface area contributed by atoms with Gasteiger partial charge in [0, 0.05) is 18.7 Å². The molecule has 1 fully saturated rings. The number of benzene rings is 1. The van der Waals surface area contributed by atoms with Crippen LogP contribution in [-0.2, 0) is 11.4 Å². The summed E-state index contributed by atoms with van der Waals surface area (Å²) in [4.78, 5) is 5.54. The predicted octanol–water partition coefficient (Wildman–Crippen LogP) is 2.74. The summed E-state index contributed by atoms with van der Waals surface area (Å²) in [6.07, 6.45) is 3.63. The van der Waals surface area contributed by atoms with Gasteiger partial charge in [-0.25, -0.2) is 4.39 Å². The Morgan fingerprint density at radius 2 is 1.87 bits per heavy atom. The molecule has 2 nitrogen and oxygen atoms in total. The van der Waals surface area contributed by atoms with Gasteiger partial charge in [-0.15, -0.1) is 0 Å². The summed E-state index contributed by atoms with van der Waals surface area (Å²) >= 11 is 0. The second-order valence-corrected chi connectivity index (χ2v) is 3.85. The molecule has 15 heavy (non-hydrogen) atoms.